The van der Waals surface area contributed by atoms with E-state index in [1.165, 1.54) is 18.2 Å². The smallest absolute Gasteiger partial charge is 0.273 e. The Morgan fingerprint density at radius 3 is 2.72 bits per heavy atom. The van der Waals surface area contributed by atoms with Gasteiger partial charge in [0, 0.05) is 23.7 Å². The average molecular weight is 340 g/mol. The third-order valence-electron chi connectivity index (χ3n) is 3.58. The number of nitrogens with one attached hydrogen (secondary N) is 1. The summed E-state index contributed by atoms with van der Waals surface area (Å²) in [6, 6.07) is 14.8. The summed E-state index contributed by atoms with van der Waals surface area (Å²) in [7, 11) is 0. The molecule has 0 saturated heterocycles. The molecule has 5 nitrogen and oxygen atoms in total. The number of amides is 1. The van der Waals surface area contributed by atoms with E-state index in [2.05, 4.69) is 10.5 Å². The second-order valence-electron chi connectivity index (χ2n) is 5.31. The zero-order valence-corrected chi connectivity index (χ0v) is 13.7. The number of ether oxygens (including phenoxy) is 1. The van der Waals surface area contributed by atoms with Gasteiger partial charge in [0.25, 0.3) is 5.91 Å². The molecule has 1 amide bonds. The number of carbonyl (C=O) groups is 1. The van der Waals surface area contributed by atoms with Crippen LogP contribution < -0.4 is 10.1 Å². The van der Waals surface area contributed by atoms with Crippen molar-refractivity contribution in [2.75, 3.05) is 6.61 Å². The summed E-state index contributed by atoms with van der Waals surface area (Å²) in [4.78, 5) is 12.3. The van der Waals surface area contributed by atoms with Gasteiger partial charge in [0.05, 0.1) is 6.61 Å². The first-order chi connectivity index (χ1) is 12.2. The number of benzene rings is 2. The molecule has 0 atom stereocenters. The van der Waals surface area contributed by atoms with Crippen LogP contribution in [0, 0.1) is 5.82 Å². The molecule has 0 radical (unpaired) electrons. The van der Waals surface area contributed by atoms with Crippen molar-refractivity contribution in [2.24, 2.45) is 0 Å². The van der Waals surface area contributed by atoms with Crippen LogP contribution in [0.3, 0.4) is 0 Å². The van der Waals surface area contributed by atoms with Gasteiger partial charge in [0.15, 0.2) is 11.5 Å². The van der Waals surface area contributed by atoms with Crippen molar-refractivity contribution >= 4 is 5.91 Å². The topological polar surface area (TPSA) is 64.4 Å². The van der Waals surface area contributed by atoms with Gasteiger partial charge in [-0.25, -0.2) is 4.39 Å². The molecule has 6 heteroatoms. The van der Waals surface area contributed by atoms with E-state index in [4.69, 9.17) is 9.26 Å². The van der Waals surface area contributed by atoms with Gasteiger partial charge >= 0.3 is 0 Å². The van der Waals surface area contributed by atoms with Crippen LogP contribution in [-0.4, -0.2) is 17.7 Å². The maximum Gasteiger partial charge on any atom is 0.273 e. The highest BCUT2D eigenvalue weighted by Gasteiger charge is 2.14. The third kappa shape index (κ3) is 4.03. The van der Waals surface area contributed by atoms with Gasteiger partial charge in [-0.3, -0.25) is 4.79 Å². The zero-order chi connectivity index (χ0) is 17.6. The van der Waals surface area contributed by atoms with Crippen molar-refractivity contribution < 1.29 is 18.4 Å². The first-order valence-electron chi connectivity index (χ1n) is 7.89. The number of hydrogen-bond acceptors (Lipinski definition) is 4. The predicted octanol–water partition coefficient (Wildman–Crippen LogP) is 3.81. The Labute approximate surface area is 144 Å². The maximum atomic E-state index is 13.0. The van der Waals surface area contributed by atoms with Crippen molar-refractivity contribution in [3.05, 3.63) is 71.7 Å². The number of carbonyl (C=O) groups excluding carboxylic acids is 1. The Morgan fingerprint density at radius 2 is 1.96 bits per heavy atom. The monoisotopic (exact) mass is 340 g/mol. The number of aromatic nitrogens is 1. The fourth-order valence-electron chi connectivity index (χ4n) is 2.34. The molecular formula is C19H17FN2O3. The van der Waals surface area contributed by atoms with Crippen LogP contribution in [0.5, 0.6) is 5.75 Å². The largest absolute Gasteiger partial charge is 0.494 e. The van der Waals surface area contributed by atoms with Gasteiger partial charge in [0.1, 0.15) is 11.6 Å². The first-order valence-corrected chi connectivity index (χ1v) is 7.89. The second-order valence-corrected chi connectivity index (χ2v) is 5.31. The fourth-order valence-corrected chi connectivity index (χ4v) is 2.34. The Bertz CT molecular complexity index is 859. The van der Waals surface area contributed by atoms with Crippen molar-refractivity contribution in [3.63, 3.8) is 0 Å². The molecule has 0 fully saturated rings. The van der Waals surface area contributed by atoms with E-state index >= 15 is 0 Å². The van der Waals surface area contributed by atoms with Gasteiger partial charge in [-0.15, -0.1) is 0 Å². The van der Waals surface area contributed by atoms with Crippen molar-refractivity contribution in [3.8, 4) is 17.1 Å². The number of para-hydroxylation sites is 1. The average Bonchev–Trinajstić information content (AvgIpc) is 3.12. The minimum absolute atomic E-state index is 0.160. The molecule has 0 bridgehead atoms. The number of rotatable bonds is 6. The van der Waals surface area contributed by atoms with E-state index in [9.17, 15) is 9.18 Å². The normalized spacial score (nSPS) is 10.5. The molecule has 1 aromatic heterocycles. The Morgan fingerprint density at radius 1 is 1.20 bits per heavy atom. The minimum atomic E-state index is -0.358. The highest BCUT2D eigenvalue weighted by atomic mass is 19.1. The third-order valence-corrected chi connectivity index (χ3v) is 3.58. The lowest BCUT2D eigenvalue weighted by Gasteiger charge is -2.10. The van der Waals surface area contributed by atoms with Gasteiger partial charge in [-0.05, 0) is 37.3 Å². The minimum Gasteiger partial charge on any atom is -0.494 e. The summed E-state index contributed by atoms with van der Waals surface area (Å²) in [6.07, 6.45) is 0. The molecule has 0 aliphatic rings. The summed E-state index contributed by atoms with van der Waals surface area (Å²) < 4.78 is 23.7. The maximum absolute atomic E-state index is 13.0. The van der Waals surface area contributed by atoms with Crippen LogP contribution in [0.1, 0.15) is 23.0 Å². The fraction of sp³-hybridized carbons (Fsp3) is 0.158. The SMILES string of the molecule is CCOc1ccccc1CNC(=O)c1cc(-c2ccc(F)cc2)on1. The van der Waals surface area contributed by atoms with Gasteiger partial charge in [-0.1, -0.05) is 23.4 Å². The molecule has 0 saturated carbocycles. The first kappa shape index (κ1) is 16.7. The lowest BCUT2D eigenvalue weighted by Crippen LogP contribution is -2.23. The molecule has 1 N–H and O–H groups in total. The Hall–Kier alpha value is -3.15. The predicted molar refractivity (Wildman–Crippen MR) is 90.7 cm³/mol. The molecule has 1 heterocycles. The summed E-state index contributed by atoms with van der Waals surface area (Å²) in [5.74, 6) is 0.440. The van der Waals surface area contributed by atoms with E-state index in [1.54, 1.807) is 12.1 Å². The molecule has 0 aliphatic carbocycles. The molecular weight excluding hydrogens is 323 g/mol. The van der Waals surface area contributed by atoms with Crippen LogP contribution in [-0.2, 0) is 6.54 Å². The molecule has 0 aliphatic heterocycles. The van der Waals surface area contributed by atoms with Crippen LogP contribution in [0.15, 0.2) is 59.1 Å². The van der Waals surface area contributed by atoms with Crippen LogP contribution in [0.2, 0.25) is 0 Å². The quantitative estimate of drug-likeness (QED) is 0.741. The zero-order valence-electron chi connectivity index (χ0n) is 13.7. The molecule has 128 valence electrons. The van der Waals surface area contributed by atoms with Crippen molar-refractivity contribution in [1.29, 1.82) is 0 Å². The summed E-state index contributed by atoms with van der Waals surface area (Å²) in [6.45, 7) is 2.77. The molecule has 3 aromatic rings. The lowest BCUT2D eigenvalue weighted by atomic mass is 10.1. The number of halogens is 1. The summed E-state index contributed by atoms with van der Waals surface area (Å²) >= 11 is 0. The highest BCUT2D eigenvalue weighted by molar-refractivity contribution is 5.93. The molecule has 2 aromatic carbocycles. The van der Waals surface area contributed by atoms with E-state index < -0.39 is 0 Å². The van der Waals surface area contributed by atoms with Crippen molar-refractivity contribution in [2.45, 2.75) is 13.5 Å². The molecule has 0 unspecified atom stereocenters. The van der Waals surface area contributed by atoms with Gasteiger partial charge in [-0.2, -0.15) is 0 Å². The Balaban J connectivity index is 1.67. The van der Waals surface area contributed by atoms with E-state index in [0.717, 1.165) is 11.3 Å². The van der Waals surface area contributed by atoms with E-state index in [0.29, 0.717) is 24.5 Å². The summed E-state index contributed by atoms with van der Waals surface area (Å²) in [5, 5.41) is 6.56. The molecule has 25 heavy (non-hydrogen) atoms. The number of nitrogens with zero attached hydrogens (tertiary/aromatic N) is 1. The molecule has 0 spiro atoms. The second kappa shape index (κ2) is 7.61. The van der Waals surface area contributed by atoms with Crippen molar-refractivity contribution in [1.82, 2.24) is 10.5 Å². The van der Waals surface area contributed by atoms with E-state index in [1.807, 2.05) is 31.2 Å². The summed E-state index contributed by atoms with van der Waals surface area (Å²) in [5.41, 5.74) is 1.68. The lowest BCUT2D eigenvalue weighted by molar-refractivity contribution is 0.0941. The van der Waals surface area contributed by atoms with Gasteiger partial charge < -0.3 is 14.6 Å². The van der Waals surface area contributed by atoms with Crippen LogP contribution >= 0.6 is 0 Å². The van der Waals surface area contributed by atoms with Crippen LogP contribution in [0.4, 0.5) is 4.39 Å². The van der Waals surface area contributed by atoms with E-state index in [-0.39, 0.29) is 17.4 Å². The van der Waals surface area contributed by atoms with Gasteiger partial charge in [0.2, 0.25) is 0 Å². The highest BCUT2D eigenvalue weighted by Crippen LogP contribution is 2.21. The molecule has 3 rings (SSSR count). The number of hydrogen-bond donors (Lipinski definition) is 1. The Kier molecular flexibility index (Phi) is 5.09. The van der Waals surface area contributed by atoms with Crippen LogP contribution in [0.25, 0.3) is 11.3 Å². The standard InChI is InChI=1S/C19H17FN2O3/c1-2-24-17-6-4-3-5-14(17)12-21-19(23)16-11-18(25-22-16)13-7-9-15(20)10-8-13/h3-11H,2,12H2,1H3,(H,21,23).